The summed E-state index contributed by atoms with van der Waals surface area (Å²) < 4.78 is 0. The molecule has 1 aromatic rings. The number of carboxylic acid groups (broad SMARTS) is 1. The van der Waals surface area contributed by atoms with Crippen molar-refractivity contribution in [3.8, 4) is 0 Å². The Hall–Kier alpha value is -1.40. The van der Waals surface area contributed by atoms with Crippen LogP contribution in [0.4, 0.5) is 0 Å². The predicted octanol–water partition coefficient (Wildman–Crippen LogP) is 3.72. The number of hydrogen-bond donors (Lipinski definition) is 1. The lowest BCUT2D eigenvalue weighted by atomic mass is 9.49. The van der Waals surface area contributed by atoms with Crippen molar-refractivity contribution in [1.29, 1.82) is 0 Å². The molecule has 0 unspecified atom stereocenters. The third-order valence-electron chi connectivity index (χ3n) is 5.12. The van der Waals surface area contributed by atoms with E-state index in [0.717, 1.165) is 7.28 Å². The van der Waals surface area contributed by atoms with Crippen molar-refractivity contribution < 1.29 is 9.90 Å². The van der Waals surface area contributed by atoms with Crippen molar-refractivity contribution in [2.75, 3.05) is 0 Å². The van der Waals surface area contributed by atoms with E-state index >= 15 is 0 Å². The van der Waals surface area contributed by atoms with E-state index in [0.29, 0.717) is 5.72 Å². The van der Waals surface area contributed by atoms with Crippen LogP contribution in [0.2, 0.25) is 5.31 Å². The van der Waals surface area contributed by atoms with Crippen molar-refractivity contribution >= 4 is 19.0 Å². The highest BCUT2D eigenvalue weighted by Gasteiger charge is 2.28. The van der Waals surface area contributed by atoms with E-state index in [1.54, 1.807) is 0 Å². The SMILES string of the molecule is CCCCCCCC(C)(Bc1nnn(CC(=O)O)n1)CCCCCCC. The van der Waals surface area contributed by atoms with Gasteiger partial charge in [0, 0.05) is 0 Å². The molecule has 0 aliphatic heterocycles. The van der Waals surface area contributed by atoms with Gasteiger partial charge in [0.25, 0.3) is 0 Å². The number of aromatic nitrogens is 4. The number of carboxylic acids is 1. The Labute approximate surface area is 159 Å². The van der Waals surface area contributed by atoms with E-state index in [2.05, 4.69) is 36.2 Å². The third-order valence-corrected chi connectivity index (χ3v) is 5.12. The zero-order valence-corrected chi connectivity index (χ0v) is 17.0. The maximum absolute atomic E-state index is 10.8. The Morgan fingerprint density at radius 3 is 2.04 bits per heavy atom. The van der Waals surface area contributed by atoms with Gasteiger partial charge in [0.05, 0.1) is 0 Å². The molecule has 0 aliphatic carbocycles. The van der Waals surface area contributed by atoms with Crippen LogP contribution in [0.25, 0.3) is 0 Å². The van der Waals surface area contributed by atoms with Crippen molar-refractivity contribution in [2.45, 2.75) is 110 Å². The lowest BCUT2D eigenvalue weighted by Crippen LogP contribution is -2.31. The molecule has 6 nitrogen and oxygen atoms in total. The highest BCUT2D eigenvalue weighted by atomic mass is 16.4. The first kappa shape index (κ1) is 22.6. The van der Waals surface area contributed by atoms with E-state index in [9.17, 15) is 4.79 Å². The number of nitrogens with zero attached hydrogens (tertiary/aromatic N) is 4. The first-order valence-electron chi connectivity index (χ1n) is 10.5. The average molecular weight is 364 g/mol. The topological polar surface area (TPSA) is 80.9 Å². The molecule has 0 amide bonds. The second kappa shape index (κ2) is 12.9. The molecule has 0 atom stereocenters. The van der Waals surface area contributed by atoms with Crippen LogP contribution in [0.5, 0.6) is 0 Å². The largest absolute Gasteiger partial charge is 0.480 e. The Morgan fingerprint density at radius 2 is 1.54 bits per heavy atom. The molecule has 0 aromatic carbocycles. The number of carbonyl (C=O) groups is 1. The number of rotatable bonds is 16. The van der Waals surface area contributed by atoms with Gasteiger partial charge in [-0.25, -0.2) is 0 Å². The summed E-state index contributed by atoms with van der Waals surface area (Å²) in [6.45, 7) is 6.60. The minimum Gasteiger partial charge on any atom is -0.480 e. The summed E-state index contributed by atoms with van der Waals surface area (Å²) >= 11 is 0. The van der Waals surface area contributed by atoms with Gasteiger partial charge in [0.15, 0.2) is 6.54 Å². The fraction of sp³-hybridized carbons (Fsp3) is 0.895. The highest BCUT2D eigenvalue weighted by molar-refractivity contribution is 6.54. The van der Waals surface area contributed by atoms with Crippen LogP contribution in [0.15, 0.2) is 0 Å². The Kier molecular flexibility index (Phi) is 11.2. The normalized spacial score (nSPS) is 11.7. The molecule has 148 valence electrons. The van der Waals surface area contributed by atoms with Gasteiger partial charge in [-0.1, -0.05) is 97.8 Å². The van der Waals surface area contributed by atoms with Gasteiger partial charge in [-0.3, -0.25) is 4.79 Å². The third kappa shape index (κ3) is 9.93. The fourth-order valence-corrected chi connectivity index (χ4v) is 3.53. The molecule has 1 heterocycles. The lowest BCUT2D eigenvalue weighted by Gasteiger charge is -2.28. The molecule has 0 saturated carbocycles. The Morgan fingerprint density at radius 1 is 1.00 bits per heavy atom. The zero-order valence-electron chi connectivity index (χ0n) is 17.0. The molecule has 1 aromatic heterocycles. The minimum atomic E-state index is -0.941. The van der Waals surface area contributed by atoms with Crippen molar-refractivity contribution in [3.05, 3.63) is 0 Å². The van der Waals surface area contributed by atoms with Crippen molar-refractivity contribution in [2.24, 2.45) is 0 Å². The number of unbranched alkanes of at least 4 members (excludes halogenated alkanes) is 8. The predicted molar refractivity (Wildman–Crippen MR) is 107 cm³/mol. The van der Waals surface area contributed by atoms with Gasteiger partial charge < -0.3 is 5.11 Å². The van der Waals surface area contributed by atoms with Crippen LogP contribution in [0.1, 0.15) is 97.8 Å². The monoisotopic (exact) mass is 364 g/mol. The molecule has 0 saturated heterocycles. The quantitative estimate of drug-likeness (QED) is 0.357. The van der Waals surface area contributed by atoms with Crippen LogP contribution in [0, 0.1) is 0 Å². The fourth-order valence-electron chi connectivity index (χ4n) is 3.53. The standard InChI is InChI=1S/C19H37BN4O2/c1-4-6-8-10-12-14-19(3,15-13-11-9-7-5-2)20-18-21-23-24(22-18)16-17(25)26/h20H,4-16H2,1-3H3,(H,25,26). The van der Waals surface area contributed by atoms with Crippen molar-refractivity contribution in [1.82, 2.24) is 20.2 Å². The zero-order chi connectivity index (χ0) is 19.3. The second-order valence-corrected chi connectivity index (χ2v) is 7.95. The maximum Gasteiger partial charge on any atom is 0.327 e. The van der Waals surface area contributed by atoms with Gasteiger partial charge in [-0.2, -0.15) is 4.80 Å². The Bertz CT molecular complexity index is 493. The first-order valence-corrected chi connectivity index (χ1v) is 10.5. The maximum atomic E-state index is 10.8. The lowest BCUT2D eigenvalue weighted by molar-refractivity contribution is -0.138. The van der Waals surface area contributed by atoms with Gasteiger partial charge in [0.2, 0.25) is 7.28 Å². The van der Waals surface area contributed by atoms with Crippen LogP contribution in [-0.2, 0) is 11.3 Å². The molecule has 0 aliphatic rings. The van der Waals surface area contributed by atoms with Gasteiger partial charge in [-0.05, 0) is 10.5 Å². The molecule has 1 rings (SSSR count). The molecular weight excluding hydrogens is 327 g/mol. The average Bonchev–Trinajstić information content (AvgIpc) is 3.00. The second-order valence-electron chi connectivity index (χ2n) is 7.95. The van der Waals surface area contributed by atoms with Crippen LogP contribution >= 0.6 is 0 Å². The Balaban J connectivity index is 2.56. The number of hydrogen-bond acceptors (Lipinski definition) is 4. The summed E-state index contributed by atoms with van der Waals surface area (Å²) in [6, 6.07) is 0. The molecule has 1 N–H and O–H groups in total. The number of tetrazole rings is 1. The summed E-state index contributed by atoms with van der Waals surface area (Å²) in [5.41, 5.74) is 0.677. The molecule has 0 bridgehead atoms. The highest BCUT2D eigenvalue weighted by Crippen LogP contribution is 2.37. The summed E-state index contributed by atoms with van der Waals surface area (Å²) in [5, 5.41) is 21.3. The van der Waals surface area contributed by atoms with E-state index in [1.165, 1.54) is 81.8 Å². The summed E-state index contributed by atoms with van der Waals surface area (Å²) in [6.07, 6.45) is 15.2. The van der Waals surface area contributed by atoms with Crippen LogP contribution in [0.3, 0.4) is 0 Å². The molecule has 0 radical (unpaired) electrons. The molecule has 7 heteroatoms. The molecule has 0 fully saturated rings. The van der Waals surface area contributed by atoms with E-state index in [1.807, 2.05) is 0 Å². The van der Waals surface area contributed by atoms with E-state index < -0.39 is 5.97 Å². The van der Waals surface area contributed by atoms with Gasteiger partial charge in [-0.15, -0.1) is 10.2 Å². The van der Waals surface area contributed by atoms with Gasteiger partial charge in [0.1, 0.15) is 5.72 Å². The van der Waals surface area contributed by atoms with Gasteiger partial charge >= 0.3 is 5.97 Å². The number of aliphatic carboxylic acids is 1. The first-order chi connectivity index (χ1) is 12.5. The minimum absolute atomic E-state index is 0.176. The summed E-state index contributed by atoms with van der Waals surface area (Å²) in [5.74, 6) is -0.941. The van der Waals surface area contributed by atoms with Crippen LogP contribution < -0.4 is 5.72 Å². The van der Waals surface area contributed by atoms with Crippen molar-refractivity contribution in [3.63, 3.8) is 0 Å². The van der Waals surface area contributed by atoms with E-state index in [-0.39, 0.29) is 11.9 Å². The van der Waals surface area contributed by atoms with E-state index in [4.69, 9.17) is 5.11 Å². The smallest absolute Gasteiger partial charge is 0.327 e. The molecule has 26 heavy (non-hydrogen) atoms. The van der Waals surface area contributed by atoms with Crippen LogP contribution in [-0.4, -0.2) is 38.6 Å². The summed E-state index contributed by atoms with van der Waals surface area (Å²) in [4.78, 5) is 12.0. The molecular formula is C19H37BN4O2. The summed E-state index contributed by atoms with van der Waals surface area (Å²) in [7, 11) is 0.786. The molecule has 0 spiro atoms.